The van der Waals surface area contributed by atoms with Crippen molar-refractivity contribution in [3.05, 3.63) is 136 Å². The van der Waals surface area contributed by atoms with Crippen LogP contribution in [0.3, 0.4) is 0 Å². The highest BCUT2D eigenvalue weighted by molar-refractivity contribution is 6.21. The average Bonchev–Trinajstić information content (AvgIpc) is 3.22. The summed E-state index contributed by atoms with van der Waals surface area (Å²) >= 11 is 0. The molecule has 1 aromatic heterocycles. The van der Waals surface area contributed by atoms with E-state index in [1.54, 1.807) is 41.0 Å². The molecule has 39 heavy (non-hydrogen) atoms. The van der Waals surface area contributed by atoms with Gasteiger partial charge in [0.1, 0.15) is 17.3 Å². The Labute approximate surface area is 224 Å². The van der Waals surface area contributed by atoms with Gasteiger partial charge in [-0.3, -0.25) is 23.9 Å². The number of ether oxygens (including phenoxy) is 1. The van der Waals surface area contributed by atoms with Gasteiger partial charge in [0.05, 0.1) is 22.0 Å². The van der Waals surface area contributed by atoms with Crippen molar-refractivity contribution in [3.8, 4) is 11.5 Å². The Morgan fingerprint density at radius 1 is 0.641 bits per heavy atom. The summed E-state index contributed by atoms with van der Waals surface area (Å²) < 4.78 is 7.77. The van der Waals surface area contributed by atoms with Crippen LogP contribution < -0.4 is 10.3 Å². The van der Waals surface area contributed by atoms with Gasteiger partial charge in [-0.2, -0.15) is 0 Å². The van der Waals surface area contributed by atoms with E-state index in [1.807, 2.05) is 66.7 Å². The molecule has 0 bridgehead atoms. The second-order valence-electron chi connectivity index (χ2n) is 9.33. The monoisotopic (exact) mass is 515 g/mol. The lowest BCUT2D eigenvalue weighted by Gasteiger charge is -2.18. The highest BCUT2D eigenvalue weighted by Crippen LogP contribution is 2.26. The van der Waals surface area contributed by atoms with E-state index in [2.05, 4.69) is 0 Å². The summed E-state index contributed by atoms with van der Waals surface area (Å²) in [6, 6.07) is 31.3. The Hall–Kier alpha value is -5.04. The SMILES string of the molecule is O=C1c2ccccc2C(=O)N1CCc1nc2ccccc2c(=O)n1CCc1ccccc1Oc1ccccc1. The number of aryl methyl sites for hydroxylation is 1. The largest absolute Gasteiger partial charge is 0.457 e. The smallest absolute Gasteiger partial charge is 0.261 e. The van der Waals surface area contributed by atoms with Gasteiger partial charge in [-0.15, -0.1) is 0 Å². The molecule has 192 valence electrons. The van der Waals surface area contributed by atoms with E-state index in [9.17, 15) is 14.4 Å². The zero-order valence-electron chi connectivity index (χ0n) is 21.1. The van der Waals surface area contributed by atoms with Crippen LogP contribution in [0.15, 0.2) is 108 Å². The van der Waals surface area contributed by atoms with Gasteiger partial charge in [0.15, 0.2) is 0 Å². The lowest BCUT2D eigenvalue weighted by Crippen LogP contribution is -2.34. The molecule has 7 heteroatoms. The van der Waals surface area contributed by atoms with Gasteiger partial charge in [-0.25, -0.2) is 4.98 Å². The fraction of sp³-hybridized carbons (Fsp3) is 0.125. The number of carbonyl (C=O) groups is 2. The normalized spacial score (nSPS) is 12.7. The van der Waals surface area contributed by atoms with Crippen LogP contribution in [0.2, 0.25) is 0 Å². The number of hydrogen-bond donors (Lipinski definition) is 0. The van der Waals surface area contributed by atoms with Crippen LogP contribution in [0.4, 0.5) is 0 Å². The number of rotatable bonds is 8. The zero-order valence-corrected chi connectivity index (χ0v) is 21.1. The van der Waals surface area contributed by atoms with E-state index in [0.717, 1.165) is 17.1 Å². The summed E-state index contributed by atoms with van der Waals surface area (Å²) in [5.74, 6) is 1.33. The van der Waals surface area contributed by atoms with Crippen LogP contribution in [0, 0.1) is 0 Å². The van der Waals surface area contributed by atoms with E-state index in [0.29, 0.717) is 40.8 Å². The summed E-state index contributed by atoms with van der Waals surface area (Å²) in [5, 5.41) is 0.524. The van der Waals surface area contributed by atoms with E-state index in [1.165, 1.54) is 4.90 Å². The molecule has 0 unspecified atom stereocenters. The topological polar surface area (TPSA) is 81.5 Å². The Kier molecular flexibility index (Phi) is 6.47. The molecule has 0 atom stereocenters. The zero-order chi connectivity index (χ0) is 26.8. The number of para-hydroxylation sites is 3. The van der Waals surface area contributed by atoms with Crippen molar-refractivity contribution in [1.82, 2.24) is 14.5 Å². The van der Waals surface area contributed by atoms with Crippen molar-refractivity contribution in [1.29, 1.82) is 0 Å². The first-order chi connectivity index (χ1) is 19.1. The minimum Gasteiger partial charge on any atom is -0.457 e. The molecule has 1 aliphatic rings. The second kappa shape index (κ2) is 10.4. The third-order valence-corrected chi connectivity index (χ3v) is 6.93. The van der Waals surface area contributed by atoms with E-state index in [4.69, 9.17) is 9.72 Å². The summed E-state index contributed by atoms with van der Waals surface area (Å²) in [7, 11) is 0. The predicted octanol–water partition coefficient (Wildman–Crippen LogP) is 5.27. The fourth-order valence-corrected chi connectivity index (χ4v) is 4.95. The molecule has 0 fully saturated rings. The molecule has 7 nitrogen and oxygen atoms in total. The number of nitrogens with zero attached hydrogens (tertiary/aromatic N) is 3. The number of aromatic nitrogens is 2. The van der Waals surface area contributed by atoms with Crippen molar-refractivity contribution >= 4 is 22.7 Å². The molecular formula is C32H25N3O4. The maximum absolute atomic E-state index is 13.6. The van der Waals surface area contributed by atoms with Crippen LogP contribution >= 0.6 is 0 Å². The molecule has 1 aliphatic heterocycles. The predicted molar refractivity (Wildman–Crippen MR) is 148 cm³/mol. The number of amides is 2. The summed E-state index contributed by atoms with van der Waals surface area (Å²) in [6.45, 7) is 0.494. The molecule has 6 rings (SSSR count). The molecule has 2 amide bonds. The first-order valence-electron chi connectivity index (χ1n) is 12.8. The Bertz CT molecular complexity index is 1730. The molecule has 5 aromatic rings. The lowest BCUT2D eigenvalue weighted by atomic mass is 10.1. The highest BCUT2D eigenvalue weighted by atomic mass is 16.5. The van der Waals surface area contributed by atoms with Crippen LogP contribution in [-0.4, -0.2) is 32.8 Å². The van der Waals surface area contributed by atoms with Crippen molar-refractivity contribution in [2.24, 2.45) is 0 Å². The number of hydrogen-bond acceptors (Lipinski definition) is 5. The molecule has 0 aliphatic carbocycles. The van der Waals surface area contributed by atoms with Gasteiger partial charge in [-0.1, -0.05) is 60.7 Å². The maximum Gasteiger partial charge on any atom is 0.261 e. The number of benzene rings is 4. The third-order valence-electron chi connectivity index (χ3n) is 6.93. The van der Waals surface area contributed by atoms with Gasteiger partial charge >= 0.3 is 0 Å². The number of imide groups is 1. The Morgan fingerprint density at radius 3 is 2.05 bits per heavy atom. The first kappa shape index (κ1) is 24.3. The highest BCUT2D eigenvalue weighted by Gasteiger charge is 2.34. The van der Waals surface area contributed by atoms with E-state index in [-0.39, 0.29) is 30.3 Å². The standard InChI is InChI=1S/C32H25N3O4/c36-30-24-13-5-6-14-25(24)31(37)35(30)21-19-29-33-27-16-8-7-15-26(27)32(38)34(29)20-18-22-10-4-9-17-28(22)39-23-11-2-1-3-12-23/h1-17H,18-21H2. The molecule has 2 heterocycles. The maximum atomic E-state index is 13.6. The van der Waals surface area contributed by atoms with Gasteiger partial charge in [-0.05, 0) is 54.4 Å². The third kappa shape index (κ3) is 4.70. The average molecular weight is 516 g/mol. The molecule has 0 spiro atoms. The van der Waals surface area contributed by atoms with Crippen LogP contribution in [0.5, 0.6) is 11.5 Å². The summed E-state index contributed by atoms with van der Waals surface area (Å²) in [4.78, 5) is 45.4. The molecule has 4 aromatic carbocycles. The van der Waals surface area contributed by atoms with Crippen molar-refractivity contribution in [2.75, 3.05) is 6.54 Å². The molecule has 0 radical (unpaired) electrons. The van der Waals surface area contributed by atoms with Crippen molar-refractivity contribution in [3.63, 3.8) is 0 Å². The van der Waals surface area contributed by atoms with Crippen LogP contribution in [0.25, 0.3) is 10.9 Å². The van der Waals surface area contributed by atoms with Crippen LogP contribution in [-0.2, 0) is 19.4 Å². The van der Waals surface area contributed by atoms with Crippen LogP contribution in [0.1, 0.15) is 32.1 Å². The fourth-order valence-electron chi connectivity index (χ4n) is 4.95. The van der Waals surface area contributed by atoms with E-state index < -0.39 is 0 Å². The van der Waals surface area contributed by atoms with Crippen molar-refractivity contribution < 1.29 is 14.3 Å². The summed E-state index contributed by atoms with van der Waals surface area (Å²) in [6.07, 6.45) is 0.788. The molecule has 0 saturated heterocycles. The van der Waals surface area contributed by atoms with Crippen molar-refractivity contribution in [2.45, 2.75) is 19.4 Å². The minimum absolute atomic E-state index is 0.130. The minimum atomic E-state index is -0.322. The van der Waals surface area contributed by atoms with Gasteiger partial charge < -0.3 is 4.74 Å². The molecule has 0 saturated carbocycles. The second-order valence-corrected chi connectivity index (χ2v) is 9.33. The summed E-state index contributed by atoms with van der Waals surface area (Å²) in [5.41, 5.74) is 2.19. The first-order valence-corrected chi connectivity index (χ1v) is 12.8. The quantitative estimate of drug-likeness (QED) is 0.263. The van der Waals surface area contributed by atoms with Gasteiger partial charge in [0, 0.05) is 19.5 Å². The lowest BCUT2D eigenvalue weighted by molar-refractivity contribution is 0.0655. The van der Waals surface area contributed by atoms with Gasteiger partial charge in [0.2, 0.25) is 0 Å². The van der Waals surface area contributed by atoms with E-state index >= 15 is 0 Å². The molecular weight excluding hydrogens is 490 g/mol. The van der Waals surface area contributed by atoms with Gasteiger partial charge in [0.25, 0.3) is 17.4 Å². The number of fused-ring (bicyclic) bond motifs is 2. The Balaban J connectivity index is 1.29. The number of carbonyl (C=O) groups excluding carboxylic acids is 2. The molecule has 0 N–H and O–H groups in total. The Morgan fingerprint density at radius 2 is 1.28 bits per heavy atom.